The summed E-state index contributed by atoms with van der Waals surface area (Å²) >= 11 is 6.85. The Morgan fingerprint density at radius 2 is 2.10 bits per heavy atom. The number of carbonyl (C=O) groups is 1. The van der Waals surface area contributed by atoms with Crippen molar-refractivity contribution >= 4 is 34.0 Å². The van der Waals surface area contributed by atoms with Gasteiger partial charge in [0.1, 0.15) is 5.88 Å². The summed E-state index contributed by atoms with van der Waals surface area (Å²) in [7, 11) is 0. The fourth-order valence-electron chi connectivity index (χ4n) is 1.83. The van der Waals surface area contributed by atoms with Crippen molar-refractivity contribution in [2.45, 2.75) is 26.2 Å². The van der Waals surface area contributed by atoms with Crippen molar-refractivity contribution in [3.63, 3.8) is 0 Å². The van der Waals surface area contributed by atoms with Crippen LogP contribution in [0, 0.1) is 0 Å². The molecule has 1 aromatic heterocycles. The van der Waals surface area contributed by atoms with Gasteiger partial charge >= 0.3 is 0 Å². The molecular formula is C15H17ClN2OS. The van der Waals surface area contributed by atoms with Crippen molar-refractivity contribution in [2.75, 3.05) is 11.2 Å². The van der Waals surface area contributed by atoms with Gasteiger partial charge < -0.3 is 5.32 Å². The molecule has 1 amide bonds. The van der Waals surface area contributed by atoms with Crippen LogP contribution in [0.25, 0.3) is 11.3 Å². The number of rotatable bonds is 5. The number of nitrogens with one attached hydrogen (secondary N) is 1. The first-order valence-corrected chi connectivity index (χ1v) is 7.97. The van der Waals surface area contributed by atoms with Gasteiger partial charge in [0.15, 0.2) is 5.13 Å². The van der Waals surface area contributed by atoms with E-state index in [0.29, 0.717) is 11.0 Å². The largest absolute Gasteiger partial charge is 0.301 e. The van der Waals surface area contributed by atoms with Crippen molar-refractivity contribution in [3.05, 3.63) is 35.2 Å². The van der Waals surface area contributed by atoms with Crippen LogP contribution in [0.2, 0.25) is 0 Å². The molecule has 0 bridgehead atoms. The molecule has 0 spiro atoms. The average molecular weight is 309 g/mol. The maximum Gasteiger partial charge on any atom is 0.241 e. The molecule has 2 rings (SSSR count). The van der Waals surface area contributed by atoms with Crippen LogP contribution in [-0.2, 0) is 4.79 Å². The van der Waals surface area contributed by atoms with Gasteiger partial charge in [-0.25, -0.2) is 4.98 Å². The van der Waals surface area contributed by atoms with E-state index in [0.717, 1.165) is 17.7 Å². The van der Waals surface area contributed by atoms with Gasteiger partial charge in [-0.1, -0.05) is 38.1 Å². The SMILES string of the molecule is CCC(C)c1ccc(-c2csc(NC(=O)CCl)n2)cc1. The molecule has 106 valence electrons. The molecule has 1 unspecified atom stereocenters. The summed E-state index contributed by atoms with van der Waals surface area (Å²) in [6.07, 6.45) is 1.13. The van der Waals surface area contributed by atoms with Crippen LogP contribution in [-0.4, -0.2) is 16.8 Å². The van der Waals surface area contributed by atoms with Crippen molar-refractivity contribution in [3.8, 4) is 11.3 Å². The van der Waals surface area contributed by atoms with Crippen LogP contribution in [0.15, 0.2) is 29.6 Å². The number of nitrogens with zero attached hydrogens (tertiary/aromatic N) is 1. The number of benzene rings is 1. The number of amides is 1. The van der Waals surface area contributed by atoms with Crippen LogP contribution >= 0.6 is 22.9 Å². The monoisotopic (exact) mass is 308 g/mol. The van der Waals surface area contributed by atoms with Gasteiger partial charge in [0.2, 0.25) is 5.91 Å². The molecule has 1 heterocycles. The molecule has 1 N–H and O–H groups in total. The summed E-state index contributed by atoms with van der Waals surface area (Å²) in [6.45, 7) is 4.41. The zero-order chi connectivity index (χ0) is 14.5. The molecule has 0 aliphatic carbocycles. The minimum absolute atomic E-state index is 0.0570. The lowest BCUT2D eigenvalue weighted by molar-refractivity contribution is -0.113. The van der Waals surface area contributed by atoms with Crippen LogP contribution in [0.1, 0.15) is 31.7 Å². The molecular weight excluding hydrogens is 292 g/mol. The maximum atomic E-state index is 11.2. The normalized spacial score (nSPS) is 12.2. The number of anilines is 1. The highest BCUT2D eigenvalue weighted by Gasteiger charge is 2.08. The Labute approximate surface area is 128 Å². The molecule has 20 heavy (non-hydrogen) atoms. The molecule has 1 aromatic carbocycles. The highest BCUT2D eigenvalue weighted by molar-refractivity contribution is 7.14. The van der Waals surface area contributed by atoms with Gasteiger partial charge in [0.05, 0.1) is 5.69 Å². The summed E-state index contributed by atoms with van der Waals surface area (Å²) in [5, 5.41) is 5.17. The van der Waals surface area contributed by atoms with E-state index in [4.69, 9.17) is 11.6 Å². The van der Waals surface area contributed by atoms with E-state index >= 15 is 0 Å². The second kappa shape index (κ2) is 6.86. The molecule has 5 heteroatoms. The predicted octanol–water partition coefficient (Wildman–Crippen LogP) is 4.50. The van der Waals surface area contributed by atoms with Crippen LogP contribution in [0.4, 0.5) is 5.13 Å². The first kappa shape index (κ1) is 15.0. The number of thiazole rings is 1. The number of aromatic nitrogens is 1. The van der Waals surface area contributed by atoms with Crippen molar-refractivity contribution < 1.29 is 4.79 Å². The van der Waals surface area contributed by atoms with Crippen LogP contribution in [0.5, 0.6) is 0 Å². The molecule has 0 saturated carbocycles. The minimum atomic E-state index is -0.236. The van der Waals surface area contributed by atoms with Crippen molar-refractivity contribution in [1.82, 2.24) is 4.98 Å². The minimum Gasteiger partial charge on any atom is -0.301 e. The zero-order valence-electron chi connectivity index (χ0n) is 11.5. The highest BCUT2D eigenvalue weighted by Crippen LogP contribution is 2.27. The number of halogens is 1. The smallest absolute Gasteiger partial charge is 0.241 e. The topological polar surface area (TPSA) is 42.0 Å². The third-order valence-electron chi connectivity index (χ3n) is 3.26. The van der Waals surface area contributed by atoms with Gasteiger partial charge in [0.25, 0.3) is 0 Å². The lowest BCUT2D eigenvalue weighted by Crippen LogP contribution is -2.12. The summed E-state index contributed by atoms with van der Waals surface area (Å²) in [5.41, 5.74) is 3.26. The third-order valence-corrected chi connectivity index (χ3v) is 4.26. The Balaban J connectivity index is 2.14. The standard InChI is InChI=1S/C15H17ClN2OS/c1-3-10(2)11-4-6-12(7-5-11)13-9-20-15(17-13)18-14(19)8-16/h4-7,9-10H,3,8H2,1-2H3,(H,17,18,19). The third kappa shape index (κ3) is 3.58. The Hall–Kier alpha value is -1.39. The number of hydrogen-bond donors (Lipinski definition) is 1. The van der Waals surface area contributed by atoms with Gasteiger partial charge in [-0.3, -0.25) is 4.79 Å². The lowest BCUT2D eigenvalue weighted by Gasteiger charge is -2.08. The first-order valence-electron chi connectivity index (χ1n) is 6.55. The fourth-order valence-corrected chi connectivity index (χ4v) is 2.64. The van der Waals surface area contributed by atoms with Crippen molar-refractivity contribution in [2.24, 2.45) is 0 Å². The number of alkyl halides is 1. The van der Waals surface area contributed by atoms with Crippen LogP contribution in [0.3, 0.4) is 0 Å². The molecule has 1 atom stereocenters. The summed E-state index contributed by atoms with van der Waals surface area (Å²) in [5.74, 6) is 0.274. The molecule has 0 saturated heterocycles. The first-order chi connectivity index (χ1) is 9.63. The zero-order valence-corrected chi connectivity index (χ0v) is 13.1. The second-order valence-corrected chi connectivity index (χ2v) is 5.78. The summed E-state index contributed by atoms with van der Waals surface area (Å²) in [6, 6.07) is 8.42. The molecule has 0 radical (unpaired) electrons. The van der Waals surface area contributed by atoms with Gasteiger partial charge in [0, 0.05) is 10.9 Å². The maximum absolute atomic E-state index is 11.2. The summed E-state index contributed by atoms with van der Waals surface area (Å²) < 4.78 is 0. The fraction of sp³-hybridized carbons (Fsp3) is 0.333. The van der Waals surface area contributed by atoms with Gasteiger partial charge in [-0.05, 0) is 17.9 Å². The predicted molar refractivity (Wildman–Crippen MR) is 85.6 cm³/mol. The van der Waals surface area contributed by atoms with Crippen LogP contribution < -0.4 is 5.32 Å². The Kier molecular flexibility index (Phi) is 5.15. The second-order valence-electron chi connectivity index (χ2n) is 4.65. The number of carbonyl (C=O) groups excluding carboxylic acids is 1. The number of hydrogen-bond acceptors (Lipinski definition) is 3. The molecule has 2 aromatic rings. The average Bonchev–Trinajstić information content (AvgIpc) is 2.95. The van der Waals surface area contributed by atoms with E-state index in [1.807, 2.05) is 5.38 Å². The Bertz CT molecular complexity index is 580. The van der Waals surface area contributed by atoms with Gasteiger partial charge in [-0.15, -0.1) is 22.9 Å². The van der Waals surface area contributed by atoms with E-state index in [-0.39, 0.29) is 11.8 Å². The summed E-state index contributed by atoms with van der Waals surface area (Å²) in [4.78, 5) is 15.6. The van der Waals surface area contributed by atoms with E-state index in [2.05, 4.69) is 48.4 Å². The van der Waals surface area contributed by atoms with E-state index < -0.39 is 0 Å². The molecule has 0 fully saturated rings. The quantitative estimate of drug-likeness (QED) is 0.826. The highest BCUT2D eigenvalue weighted by atomic mass is 35.5. The van der Waals surface area contributed by atoms with E-state index in [9.17, 15) is 4.79 Å². The van der Waals surface area contributed by atoms with E-state index in [1.165, 1.54) is 16.9 Å². The van der Waals surface area contributed by atoms with Crippen molar-refractivity contribution in [1.29, 1.82) is 0 Å². The lowest BCUT2D eigenvalue weighted by atomic mass is 9.97. The molecule has 0 aliphatic rings. The Morgan fingerprint density at radius 1 is 1.40 bits per heavy atom. The Morgan fingerprint density at radius 3 is 2.70 bits per heavy atom. The molecule has 0 aliphatic heterocycles. The molecule has 3 nitrogen and oxygen atoms in total. The van der Waals surface area contributed by atoms with Gasteiger partial charge in [-0.2, -0.15) is 0 Å². The van der Waals surface area contributed by atoms with E-state index in [1.54, 1.807) is 0 Å².